The second kappa shape index (κ2) is 5.93. The molecular weight excluding hydrogens is 378 g/mol. The van der Waals surface area contributed by atoms with Crippen molar-refractivity contribution in [3.05, 3.63) is 54.3 Å². The van der Waals surface area contributed by atoms with Gasteiger partial charge in [0.25, 0.3) is 0 Å². The molecule has 0 bridgehead atoms. The van der Waals surface area contributed by atoms with Gasteiger partial charge in [0, 0.05) is 25.2 Å². The monoisotopic (exact) mass is 396 g/mol. The summed E-state index contributed by atoms with van der Waals surface area (Å²) in [6.07, 6.45) is 0. The van der Waals surface area contributed by atoms with E-state index in [1.807, 2.05) is 48.5 Å². The summed E-state index contributed by atoms with van der Waals surface area (Å²) in [4.78, 5) is 2.16. The van der Waals surface area contributed by atoms with Crippen LogP contribution < -0.4 is 10.2 Å². The topological polar surface area (TPSA) is 15.3 Å². The fourth-order valence-corrected chi connectivity index (χ4v) is 3.55. The summed E-state index contributed by atoms with van der Waals surface area (Å²) in [5.41, 5.74) is 2.27. The summed E-state index contributed by atoms with van der Waals surface area (Å²) in [5, 5.41) is 3.37. The molecule has 1 heterocycles. The molecule has 2 aromatic rings. The second-order valence-corrected chi connectivity index (χ2v) is 7.80. The largest absolute Gasteiger partial charge is 0.352 e. The van der Waals surface area contributed by atoms with Gasteiger partial charge in [-0.1, -0.05) is 65.1 Å². The molecule has 0 aliphatic carbocycles. The van der Waals surface area contributed by atoms with E-state index in [9.17, 15) is 0 Å². The molecule has 0 spiro atoms. The molecule has 2 nitrogen and oxygen atoms in total. The summed E-state index contributed by atoms with van der Waals surface area (Å²) < 4.78 is 14.9. The van der Waals surface area contributed by atoms with E-state index in [1.54, 1.807) is 0 Å². The number of nitrogens with one attached hydrogen (secondary N) is 1. The molecule has 0 aromatic heterocycles. The van der Waals surface area contributed by atoms with Crippen LogP contribution in [0.2, 0.25) is 0 Å². The highest BCUT2D eigenvalue weighted by molar-refractivity contribution is 14.1. The summed E-state index contributed by atoms with van der Waals surface area (Å²) in [6, 6.07) is 15.4. The number of benzene rings is 2. The first-order valence-corrected chi connectivity index (χ1v) is 8.19. The number of anilines is 1. The van der Waals surface area contributed by atoms with E-state index in [1.165, 1.54) is 0 Å². The lowest BCUT2D eigenvalue weighted by Gasteiger charge is -2.43. The smallest absolute Gasteiger partial charge is 0.154 e. The Morgan fingerprint density at radius 2 is 1.90 bits per heavy atom. The van der Waals surface area contributed by atoms with Crippen LogP contribution in [0.3, 0.4) is 0 Å². The standard InChI is InChI=1S/C17H18FIN2/c1-17(19)12-20-10-11-21(17)15-9-5-8-14(16(15)18)13-6-3-2-4-7-13/h2-9,20H,10-12H2,1H3. The van der Waals surface area contributed by atoms with Crippen molar-refractivity contribution in [3.63, 3.8) is 0 Å². The van der Waals surface area contributed by atoms with E-state index >= 15 is 4.39 Å². The zero-order valence-corrected chi connectivity index (χ0v) is 14.1. The summed E-state index contributed by atoms with van der Waals surface area (Å²) in [7, 11) is 0. The van der Waals surface area contributed by atoms with Crippen LogP contribution in [-0.4, -0.2) is 23.2 Å². The average Bonchev–Trinajstić information content (AvgIpc) is 2.49. The van der Waals surface area contributed by atoms with Crippen molar-refractivity contribution in [1.29, 1.82) is 0 Å². The Labute approximate surface area is 138 Å². The van der Waals surface area contributed by atoms with Crippen molar-refractivity contribution in [2.24, 2.45) is 0 Å². The molecule has 2 aromatic carbocycles. The molecule has 3 rings (SSSR count). The maximum Gasteiger partial charge on any atom is 0.154 e. The first kappa shape index (κ1) is 14.8. The molecule has 1 atom stereocenters. The average molecular weight is 396 g/mol. The predicted molar refractivity (Wildman–Crippen MR) is 94.5 cm³/mol. The molecule has 1 saturated heterocycles. The Hall–Kier alpha value is -1.14. The third kappa shape index (κ3) is 2.92. The number of halogens is 2. The van der Waals surface area contributed by atoms with E-state index in [2.05, 4.69) is 39.7 Å². The quantitative estimate of drug-likeness (QED) is 0.468. The molecular formula is C17H18FIN2. The van der Waals surface area contributed by atoms with Gasteiger partial charge in [-0.15, -0.1) is 0 Å². The normalized spacial score (nSPS) is 22.3. The Balaban J connectivity index is 2.05. The third-order valence-corrected chi connectivity index (χ3v) is 4.84. The number of hydrogen-bond donors (Lipinski definition) is 1. The second-order valence-electron chi connectivity index (χ2n) is 5.48. The van der Waals surface area contributed by atoms with E-state index in [4.69, 9.17) is 0 Å². The zero-order chi connectivity index (χ0) is 14.9. The van der Waals surface area contributed by atoms with Gasteiger partial charge in [0.05, 0.1) is 5.69 Å². The van der Waals surface area contributed by atoms with Gasteiger partial charge in [0.2, 0.25) is 0 Å². The van der Waals surface area contributed by atoms with Crippen LogP contribution in [0.15, 0.2) is 48.5 Å². The van der Waals surface area contributed by atoms with Gasteiger partial charge in [-0.05, 0) is 18.6 Å². The molecule has 1 N–H and O–H groups in total. The maximum absolute atomic E-state index is 15.0. The number of rotatable bonds is 2. The molecule has 0 radical (unpaired) electrons. The number of piperazine rings is 1. The minimum Gasteiger partial charge on any atom is -0.352 e. The van der Waals surface area contributed by atoms with E-state index in [0.29, 0.717) is 11.3 Å². The SMILES string of the molecule is CC1(I)CNCCN1c1cccc(-c2ccccc2)c1F. The van der Waals surface area contributed by atoms with Gasteiger partial charge in [-0.3, -0.25) is 0 Å². The van der Waals surface area contributed by atoms with Crippen LogP contribution in [0.4, 0.5) is 10.1 Å². The van der Waals surface area contributed by atoms with Crippen molar-refractivity contribution >= 4 is 28.3 Å². The van der Waals surface area contributed by atoms with Gasteiger partial charge in [-0.25, -0.2) is 4.39 Å². The van der Waals surface area contributed by atoms with E-state index < -0.39 is 0 Å². The lowest BCUT2D eigenvalue weighted by Crippen LogP contribution is -2.56. The molecule has 0 saturated carbocycles. The van der Waals surface area contributed by atoms with Crippen molar-refractivity contribution in [2.45, 2.75) is 10.5 Å². The Morgan fingerprint density at radius 1 is 1.14 bits per heavy atom. The molecule has 0 amide bonds. The number of nitrogens with zero attached hydrogens (tertiary/aromatic N) is 1. The van der Waals surface area contributed by atoms with Crippen LogP contribution in [0, 0.1) is 5.82 Å². The molecule has 1 aliphatic heterocycles. The van der Waals surface area contributed by atoms with Gasteiger partial charge >= 0.3 is 0 Å². The fourth-order valence-electron chi connectivity index (χ4n) is 2.78. The minimum absolute atomic E-state index is 0.119. The van der Waals surface area contributed by atoms with Gasteiger partial charge in [0.15, 0.2) is 5.82 Å². The molecule has 1 unspecified atom stereocenters. The van der Waals surface area contributed by atoms with Crippen molar-refractivity contribution in [1.82, 2.24) is 5.32 Å². The fraction of sp³-hybridized carbons (Fsp3) is 0.294. The van der Waals surface area contributed by atoms with E-state index in [0.717, 1.165) is 25.2 Å². The van der Waals surface area contributed by atoms with E-state index in [-0.39, 0.29) is 9.36 Å². The Morgan fingerprint density at radius 3 is 2.62 bits per heavy atom. The van der Waals surface area contributed by atoms with Gasteiger partial charge < -0.3 is 10.2 Å². The molecule has 4 heteroatoms. The van der Waals surface area contributed by atoms with Gasteiger partial charge in [0.1, 0.15) is 3.55 Å². The van der Waals surface area contributed by atoms with Crippen LogP contribution in [-0.2, 0) is 0 Å². The lowest BCUT2D eigenvalue weighted by molar-refractivity contribution is 0.476. The highest BCUT2D eigenvalue weighted by Crippen LogP contribution is 2.36. The minimum atomic E-state index is -0.131. The van der Waals surface area contributed by atoms with Crippen LogP contribution in [0.1, 0.15) is 6.92 Å². The number of alkyl halides is 1. The highest BCUT2D eigenvalue weighted by Gasteiger charge is 2.33. The summed E-state index contributed by atoms with van der Waals surface area (Å²) in [6.45, 7) is 4.68. The van der Waals surface area contributed by atoms with Gasteiger partial charge in [-0.2, -0.15) is 0 Å². The van der Waals surface area contributed by atoms with Crippen LogP contribution in [0.25, 0.3) is 11.1 Å². The molecule has 21 heavy (non-hydrogen) atoms. The lowest BCUT2D eigenvalue weighted by atomic mass is 10.0. The first-order chi connectivity index (χ1) is 10.1. The molecule has 1 aliphatic rings. The third-order valence-electron chi connectivity index (χ3n) is 3.88. The van der Waals surface area contributed by atoms with Crippen molar-refractivity contribution < 1.29 is 4.39 Å². The van der Waals surface area contributed by atoms with Crippen molar-refractivity contribution in [2.75, 3.05) is 24.5 Å². The predicted octanol–water partition coefficient (Wildman–Crippen LogP) is 4.05. The van der Waals surface area contributed by atoms with Crippen LogP contribution >= 0.6 is 22.6 Å². The van der Waals surface area contributed by atoms with Crippen molar-refractivity contribution in [3.8, 4) is 11.1 Å². The first-order valence-electron chi connectivity index (χ1n) is 7.11. The Kier molecular flexibility index (Phi) is 4.17. The maximum atomic E-state index is 15.0. The summed E-state index contributed by atoms with van der Waals surface area (Å²) >= 11 is 2.40. The summed E-state index contributed by atoms with van der Waals surface area (Å²) in [5.74, 6) is -0.131. The Bertz CT molecular complexity index is 628. The van der Waals surface area contributed by atoms with Crippen LogP contribution in [0.5, 0.6) is 0 Å². The number of hydrogen-bond acceptors (Lipinski definition) is 2. The molecule has 1 fully saturated rings. The molecule has 110 valence electrons. The highest BCUT2D eigenvalue weighted by atomic mass is 127. The zero-order valence-electron chi connectivity index (χ0n) is 11.9.